The quantitative estimate of drug-likeness (QED) is 0.845. The van der Waals surface area contributed by atoms with Crippen LogP contribution in [0.2, 0.25) is 0 Å². The smallest absolute Gasteiger partial charge is 0.338 e. The van der Waals surface area contributed by atoms with Crippen molar-refractivity contribution in [2.24, 2.45) is 0 Å². The molecule has 15 heavy (non-hydrogen) atoms. The van der Waals surface area contributed by atoms with Crippen LogP contribution in [0, 0.1) is 0 Å². The van der Waals surface area contributed by atoms with Crippen LogP contribution in [0.3, 0.4) is 0 Å². The fourth-order valence-electron chi connectivity index (χ4n) is 1.88. The highest BCUT2D eigenvalue weighted by Gasteiger charge is 2.15. The lowest BCUT2D eigenvalue weighted by atomic mass is 10.2. The first-order valence-electron chi connectivity index (χ1n) is 5.16. The van der Waals surface area contributed by atoms with Gasteiger partial charge in [0.05, 0.1) is 11.8 Å². The molecule has 5 heteroatoms. The molecule has 82 valence electrons. The van der Waals surface area contributed by atoms with Crippen LogP contribution in [0.4, 0.5) is 0 Å². The molecule has 0 bridgehead atoms. The summed E-state index contributed by atoms with van der Waals surface area (Å²) in [4.78, 5) is 14.1. The zero-order valence-corrected chi connectivity index (χ0v) is 9.29. The van der Waals surface area contributed by atoms with E-state index in [0.29, 0.717) is 5.56 Å². The average Bonchev–Trinajstić information content (AvgIpc) is 2.86. The van der Waals surface area contributed by atoms with Crippen LogP contribution in [0.1, 0.15) is 28.1 Å². The SMILES string of the molecule is O=C(O)c1cnsc1CCN1CCCC1. The molecule has 0 aliphatic carbocycles. The van der Waals surface area contributed by atoms with E-state index < -0.39 is 5.97 Å². The molecular weight excluding hydrogens is 212 g/mol. The third kappa shape index (κ3) is 2.54. The molecule has 0 saturated carbocycles. The summed E-state index contributed by atoms with van der Waals surface area (Å²) in [6.07, 6.45) is 4.81. The number of rotatable bonds is 4. The van der Waals surface area contributed by atoms with Gasteiger partial charge in [0.25, 0.3) is 0 Å². The van der Waals surface area contributed by atoms with E-state index >= 15 is 0 Å². The van der Waals surface area contributed by atoms with E-state index in [1.807, 2.05) is 0 Å². The van der Waals surface area contributed by atoms with E-state index in [0.717, 1.165) is 30.9 Å². The summed E-state index contributed by atoms with van der Waals surface area (Å²) in [5.41, 5.74) is 0.374. The topological polar surface area (TPSA) is 53.4 Å². The maximum atomic E-state index is 10.8. The van der Waals surface area contributed by atoms with Gasteiger partial charge in [0.1, 0.15) is 0 Å². The van der Waals surface area contributed by atoms with Crippen molar-refractivity contribution < 1.29 is 9.90 Å². The Labute approximate surface area is 92.7 Å². The molecule has 0 radical (unpaired) electrons. The fraction of sp³-hybridized carbons (Fsp3) is 0.600. The molecule has 0 spiro atoms. The largest absolute Gasteiger partial charge is 0.478 e. The van der Waals surface area contributed by atoms with Crippen LogP contribution < -0.4 is 0 Å². The minimum Gasteiger partial charge on any atom is -0.478 e. The van der Waals surface area contributed by atoms with Gasteiger partial charge in [-0.3, -0.25) is 0 Å². The first-order valence-corrected chi connectivity index (χ1v) is 5.94. The maximum Gasteiger partial charge on any atom is 0.338 e. The minimum absolute atomic E-state index is 0.374. The summed E-state index contributed by atoms with van der Waals surface area (Å²) in [6.45, 7) is 3.27. The average molecular weight is 226 g/mol. The van der Waals surface area contributed by atoms with E-state index in [2.05, 4.69) is 9.27 Å². The lowest BCUT2D eigenvalue weighted by molar-refractivity contribution is 0.0696. The lowest BCUT2D eigenvalue weighted by Gasteiger charge is -2.13. The molecule has 1 aromatic heterocycles. The van der Waals surface area contributed by atoms with Gasteiger partial charge in [0, 0.05) is 11.4 Å². The van der Waals surface area contributed by atoms with Crippen molar-refractivity contribution in [3.63, 3.8) is 0 Å². The predicted octanol–water partition coefficient (Wildman–Crippen LogP) is 1.48. The van der Waals surface area contributed by atoms with E-state index in [4.69, 9.17) is 5.11 Å². The maximum absolute atomic E-state index is 10.8. The number of carbonyl (C=O) groups is 1. The molecule has 2 rings (SSSR count). The van der Waals surface area contributed by atoms with E-state index in [-0.39, 0.29) is 0 Å². The van der Waals surface area contributed by atoms with Crippen LogP contribution in [-0.2, 0) is 6.42 Å². The number of hydrogen-bond acceptors (Lipinski definition) is 4. The molecule has 1 aromatic rings. The Balaban J connectivity index is 1.92. The van der Waals surface area contributed by atoms with Crippen molar-refractivity contribution in [1.82, 2.24) is 9.27 Å². The first kappa shape index (κ1) is 10.6. The Bertz CT molecular complexity index is 345. The van der Waals surface area contributed by atoms with Crippen molar-refractivity contribution in [3.8, 4) is 0 Å². The second-order valence-electron chi connectivity index (χ2n) is 3.77. The third-order valence-electron chi connectivity index (χ3n) is 2.73. The molecule has 0 unspecified atom stereocenters. The highest BCUT2D eigenvalue weighted by molar-refractivity contribution is 7.06. The summed E-state index contributed by atoms with van der Waals surface area (Å²) >= 11 is 1.30. The summed E-state index contributed by atoms with van der Waals surface area (Å²) in [5, 5.41) is 8.90. The number of likely N-dealkylation sites (tertiary alicyclic amines) is 1. The van der Waals surface area contributed by atoms with Crippen molar-refractivity contribution in [2.75, 3.05) is 19.6 Å². The normalized spacial score (nSPS) is 17.1. The Hall–Kier alpha value is -0.940. The van der Waals surface area contributed by atoms with Gasteiger partial charge in [-0.25, -0.2) is 4.79 Å². The van der Waals surface area contributed by atoms with Gasteiger partial charge in [-0.2, -0.15) is 4.37 Å². The number of carboxylic acid groups (broad SMARTS) is 1. The van der Waals surface area contributed by atoms with Gasteiger partial charge in [0.2, 0.25) is 0 Å². The first-order chi connectivity index (χ1) is 7.27. The Morgan fingerprint density at radius 1 is 1.53 bits per heavy atom. The highest BCUT2D eigenvalue weighted by Crippen LogP contribution is 2.16. The van der Waals surface area contributed by atoms with Crippen LogP contribution in [-0.4, -0.2) is 40.0 Å². The van der Waals surface area contributed by atoms with Gasteiger partial charge >= 0.3 is 5.97 Å². The third-order valence-corrected chi connectivity index (χ3v) is 3.58. The summed E-state index contributed by atoms with van der Waals surface area (Å²) < 4.78 is 3.93. The highest BCUT2D eigenvalue weighted by atomic mass is 32.1. The van der Waals surface area contributed by atoms with E-state index in [9.17, 15) is 4.79 Å². The standard InChI is InChI=1S/C10H14N2O2S/c13-10(14)8-7-11-15-9(8)3-6-12-4-1-2-5-12/h7H,1-6H2,(H,13,14). The number of carboxylic acids is 1. The number of aromatic carboxylic acids is 1. The second-order valence-corrected chi connectivity index (χ2v) is 4.65. The molecule has 1 aliphatic heterocycles. The van der Waals surface area contributed by atoms with Crippen molar-refractivity contribution in [1.29, 1.82) is 0 Å². The van der Waals surface area contributed by atoms with Crippen LogP contribution in [0.15, 0.2) is 6.20 Å². The number of aromatic nitrogens is 1. The van der Waals surface area contributed by atoms with Crippen LogP contribution in [0.25, 0.3) is 0 Å². The van der Waals surface area contributed by atoms with Gasteiger partial charge < -0.3 is 10.0 Å². The second kappa shape index (κ2) is 4.72. The molecule has 1 saturated heterocycles. The van der Waals surface area contributed by atoms with Crippen molar-refractivity contribution in [2.45, 2.75) is 19.3 Å². The molecule has 1 fully saturated rings. The Kier molecular flexibility index (Phi) is 3.33. The Morgan fingerprint density at radius 2 is 2.27 bits per heavy atom. The molecule has 1 aliphatic rings. The predicted molar refractivity (Wildman–Crippen MR) is 58.5 cm³/mol. The lowest BCUT2D eigenvalue weighted by Crippen LogP contribution is -2.22. The van der Waals surface area contributed by atoms with E-state index in [1.54, 1.807) is 0 Å². The molecule has 0 aromatic carbocycles. The number of hydrogen-bond donors (Lipinski definition) is 1. The zero-order valence-electron chi connectivity index (χ0n) is 8.48. The number of nitrogens with zero attached hydrogens (tertiary/aromatic N) is 2. The van der Waals surface area contributed by atoms with Crippen molar-refractivity contribution in [3.05, 3.63) is 16.6 Å². The van der Waals surface area contributed by atoms with Crippen LogP contribution >= 0.6 is 11.5 Å². The summed E-state index contributed by atoms with van der Waals surface area (Å²) in [6, 6.07) is 0. The van der Waals surface area contributed by atoms with Gasteiger partial charge in [-0.1, -0.05) is 0 Å². The fourth-order valence-corrected chi connectivity index (χ4v) is 2.59. The summed E-state index contributed by atoms with van der Waals surface area (Å²) in [7, 11) is 0. The molecular formula is C10H14N2O2S. The van der Waals surface area contributed by atoms with Crippen LogP contribution in [0.5, 0.6) is 0 Å². The van der Waals surface area contributed by atoms with Gasteiger partial charge in [0.15, 0.2) is 0 Å². The minimum atomic E-state index is -0.861. The van der Waals surface area contributed by atoms with Crippen molar-refractivity contribution >= 4 is 17.5 Å². The summed E-state index contributed by atoms with van der Waals surface area (Å²) in [5.74, 6) is -0.861. The van der Waals surface area contributed by atoms with Gasteiger partial charge in [-0.05, 0) is 43.9 Å². The molecule has 0 amide bonds. The van der Waals surface area contributed by atoms with Gasteiger partial charge in [-0.15, -0.1) is 0 Å². The molecule has 0 atom stereocenters. The zero-order chi connectivity index (χ0) is 10.7. The van der Waals surface area contributed by atoms with E-state index in [1.165, 1.54) is 30.6 Å². The molecule has 4 nitrogen and oxygen atoms in total. The molecule has 2 heterocycles. The monoisotopic (exact) mass is 226 g/mol. The Morgan fingerprint density at radius 3 is 2.93 bits per heavy atom. The molecule has 1 N–H and O–H groups in total.